The number of aldehydes is 1. The smallest absolute Gasteiger partial charge is 0.303 e. The number of nitrogens with zero attached hydrogens (tertiary/aromatic N) is 1. The standard InChI is InChI=1S/C13H14F3NO3/c1-2-9(8-18)12(7-17(19)20)10-3-5-11(6-4-10)13(14,15)16/h3-6,8-9,12H,2,7H2,1H3/t9-,12+/m1/s1. The Bertz CT molecular complexity index is 471. The Balaban J connectivity index is 3.08. The molecule has 0 heterocycles. The van der Waals surface area contributed by atoms with Gasteiger partial charge in [-0.05, 0) is 24.1 Å². The topological polar surface area (TPSA) is 60.2 Å². The van der Waals surface area contributed by atoms with Crippen molar-refractivity contribution in [2.45, 2.75) is 25.4 Å². The highest BCUT2D eigenvalue weighted by Gasteiger charge is 2.31. The lowest BCUT2D eigenvalue weighted by Gasteiger charge is -2.19. The van der Waals surface area contributed by atoms with Crippen LogP contribution in [-0.2, 0) is 11.0 Å². The Morgan fingerprint density at radius 1 is 1.30 bits per heavy atom. The van der Waals surface area contributed by atoms with Crippen LogP contribution in [0.25, 0.3) is 0 Å². The molecule has 2 atom stereocenters. The van der Waals surface area contributed by atoms with Crippen LogP contribution < -0.4 is 0 Å². The number of hydrogen-bond acceptors (Lipinski definition) is 3. The number of hydrogen-bond donors (Lipinski definition) is 0. The lowest BCUT2D eigenvalue weighted by molar-refractivity contribution is -0.484. The van der Waals surface area contributed by atoms with E-state index >= 15 is 0 Å². The number of halogens is 3. The average molecular weight is 289 g/mol. The molecule has 0 aliphatic carbocycles. The molecule has 0 unspecified atom stereocenters. The molecule has 0 fully saturated rings. The summed E-state index contributed by atoms with van der Waals surface area (Å²) in [7, 11) is 0. The molecule has 0 N–H and O–H groups in total. The van der Waals surface area contributed by atoms with Crippen molar-refractivity contribution in [2.24, 2.45) is 5.92 Å². The predicted octanol–water partition coefficient (Wildman–Crippen LogP) is 3.29. The van der Waals surface area contributed by atoms with Crippen molar-refractivity contribution in [2.75, 3.05) is 6.54 Å². The first-order valence-electron chi connectivity index (χ1n) is 6.03. The number of nitro groups is 1. The van der Waals surface area contributed by atoms with E-state index in [1.54, 1.807) is 6.92 Å². The number of carbonyl (C=O) groups excluding carboxylic acids is 1. The van der Waals surface area contributed by atoms with Crippen molar-refractivity contribution in [3.8, 4) is 0 Å². The maximum Gasteiger partial charge on any atom is 0.416 e. The van der Waals surface area contributed by atoms with Crippen molar-refractivity contribution in [3.05, 3.63) is 45.5 Å². The van der Waals surface area contributed by atoms with Crippen LogP contribution in [0.5, 0.6) is 0 Å². The van der Waals surface area contributed by atoms with Gasteiger partial charge in [0.15, 0.2) is 0 Å². The molecule has 0 radical (unpaired) electrons. The van der Waals surface area contributed by atoms with Gasteiger partial charge in [-0.1, -0.05) is 19.1 Å². The SMILES string of the molecule is CC[C@H](C=O)[C@H](C[N+](=O)[O-])c1ccc(C(F)(F)F)cc1. The fourth-order valence-corrected chi connectivity index (χ4v) is 2.04. The van der Waals surface area contributed by atoms with E-state index in [1.807, 2.05) is 0 Å². The minimum atomic E-state index is -4.45. The monoisotopic (exact) mass is 289 g/mol. The molecule has 0 saturated heterocycles. The van der Waals surface area contributed by atoms with Gasteiger partial charge in [0.05, 0.1) is 11.5 Å². The van der Waals surface area contributed by atoms with Gasteiger partial charge >= 0.3 is 6.18 Å². The lowest BCUT2D eigenvalue weighted by atomic mass is 9.85. The van der Waals surface area contributed by atoms with Crippen molar-refractivity contribution in [1.82, 2.24) is 0 Å². The van der Waals surface area contributed by atoms with Gasteiger partial charge in [-0.15, -0.1) is 0 Å². The molecule has 110 valence electrons. The molecule has 0 saturated carbocycles. The molecular weight excluding hydrogens is 275 g/mol. The maximum atomic E-state index is 12.5. The van der Waals surface area contributed by atoms with Crippen LogP contribution in [-0.4, -0.2) is 17.8 Å². The largest absolute Gasteiger partial charge is 0.416 e. The molecule has 7 heteroatoms. The second-order valence-corrected chi connectivity index (χ2v) is 4.45. The normalized spacial score (nSPS) is 14.6. The van der Waals surface area contributed by atoms with E-state index in [4.69, 9.17) is 0 Å². The fraction of sp³-hybridized carbons (Fsp3) is 0.462. The Morgan fingerprint density at radius 2 is 1.85 bits per heavy atom. The number of carbonyl (C=O) groups is 1. The quantitative estimate of drug-likeness (QED) is 0.458. The van der Waals surface area contributed by atoms with Crippen LogP contribution in [0.4, 0.5) is 13.2 Å². The van der Waals surface area contributed by atoms with E-state index in [0.717, 1.165) is 12.1 Å². The Hall–Kier alpha value is -1.92. The highest BCUT2D eigenvalue weighted by molar-refractivity contribution is 5.56. The first-order chi connectivity index (χ1) is 9.29. The minimum Gasteiger partial charge on any atom is -0.303 e. The van der Waals surface area contributed by atoms with Crippen molar-refractivity contribution >= 4 is 6.29 Å². The highest BCUT2D eigenvalue weighted by atomic mass is 19.4. The summed E-state index contributed by atoms with van der Waals surface area (Å²) in [6.45, 7) is 1.22. The van der Waals surface area contributed by atoms with Crippen LogP contribution >= 0.6 is 0 Å². The summed E-state index contributed by atoms with van der Waals surface area (Å²) in [5.41, 5.74) is -0.450. The summed E-state index contributed by atoms with van der Waals surface area (Å²) in [6, 6.07) is 4.14. The molecule has 0 aromatic heterocycles. The summed E-state index contributed by atoms with van der Waals surface area (Å²) in [5, 5.41) is 10.7. The summed E-state index contributed by atoms with van der Waals surface area (Å²) < 4.78 is 37.4. The third-order valence-corrected chi connectivity index (χ3v) is 3.17. The zero-order valence-electron chi connectivity index (χ0n) is 10.8. The molecule has 0 aliphatic heterocycles. The van der Waals surface area contributed by atoms with Crippen molar-refractivity contribution in [1.29, 1.82) is 0 Å². The highest BCUT2D eigenvalue weighted by Crippen LogP contribution is 2.32. The van der Waals surface area contributed by atoms with E-state index in [2.05, 4.69) is 0 Å². The zero-order chi connectivity index (χ0) is 15.3. The molecule has 4 nitrogen and oxygen atoms in total. The molecule has 0 spiro atoms. The molecule has 20 heavy (non-hydrogen) atoms. The van der Waals surface area contributed by atoms with Crippen molar-refractivity contribution < 1.29 is 22.9 Å². The van der Waals surface area contributed by atoms with Gasteiger partial charge in [-0.3, -0.25) is 10.1 Å². The summed E-state index contributed by atoms with van der Waals surface area (Å²) >= 11 is 0. The van der Waals surface area contributed by atoms with Gasteiger partial charge in [0.2, 0.25) is 6.54 Å². The Kier molecular flexibility index (Phi) is 5.24. The van der Waals surface area contributed by atoms with E-state index in [1.165, 1.54) is 12.1 Å². The molecule has 1 aromatic carbocycles. The fourth-order valence-electron chi connectivity index (χ4n) is 2.04. The molecule has 1 aromatic rings. The third-order valence-electron chi connectivity index (χ3n) is 3.17. The zero-order valence-corrected chi connectivity index (χ0v) is 10.8. The van der Waals surface area contributed by atoms with Crippen LogP contribution in [0.3, 0.4) is 0 Å². The number of rotatable bonds is 6. The predicted molar refractivity (Wildman–Crippen MR) is 65.9 cm³/mol. The van der Waals surface area contributed by atoms with Crippen LogP contribution in [0, 0.1) is 16.0 Å². The van der Waals surface area contributed by atoms with Gasteiger partial charge in [0.25, 0.3) is 0 Å². The van der Waals surface area contributed by atoms with E-state index in [-0.39, 0.29) is 0 Å². The van der Waals surface area contributed by atoms with Gasteiger partial charge in [-0.25, -0.2) is 0 Å². The number of benzene rings is 1. The van der Waals surface area contributed by atoms with Gasteiger partial charge in [0.1, 0.15) is 6.29 Å². The summed E-state index contributed by atoms with van der Waals surface area (Å²) in [6.07, 6.45) is -3.44. The summed E-state index contributed by atoms with van der Waals surface area (Å²) in [5.74, 6) is -1.30. The second-order valence-electron chi connectivity index (χ2n) is 4.45. The van der Waals surface area contributed by atoms with E-state index < -0.39 is 35.0 Å². The van der Waals surface area contributed by atoms with Gasteiger partial charge < -0.3 is 4.79 Å². The average Bonchev–Trinajstić information content (AvgIpc) is 2.37. The molecule has 0 aliphatic rings. The van der Waals surface area contributed by atoms with Gasteiger partial charge in [0, 0.05) is 10.8 Å². The first kappa shape index (κ1) is 16.1. The van der Waals surface area contributed by atoms with Crippen LogP contribution in [0.1, 0.15) is 30.4 Å². The number of alkyl halides is 3. The summed E-state index contributed by atoms with van der Waals surface area (Å²) in [4.78, 5) is 21.1. The molecule has 0 amide bonds. The minimum absolute atomic E-state index is 0.369. The van der Waals surface area contributed by atoms with Crippen molar-refractivity contribution in [3.63, 3.8) is 0 Å². The second kappa shape index (κ2) is 6.49. The van der Waals surface area contributed by atoms with Gasteiger partial charge in [-0.2, -0.15) is 13.2 Å². The van der Waals surface area contributed by atoms with Crippen LogP contribution in [0.15, 0.2) is 24.3 Å². The van der Waals surface area contributed by atoms with E-state index in [9.17, 15) is 28.1 Å². The van der Waals surface area contributed by atoms with E-state index in [0.29, 0.717) is 18.3 Å². The Morgan fingerprint density at radius 3 is 2.20 bits per heavy atom. The Labute approximate surface area is 113 Å². The molecule has 1 rings (SSSR count). The first-order valence-corrected chi connectivity index (χ1v) is 6.03. The maximum absolute atomic E-state index is 12.5. The lowest BCUT2D eigenvalue weighted by Crippen LogP contribution is -2.22. The molecular formula is C13H14F3NO3. The molecule has 0 bridgehead atoms. The van der Waals surface area contributed by atoms with Crippen LogP contribution in [0.2, 0.25) is 0 Å². The third kappa shape index (κ3) is 4.04.